The Labute approximate surface area is 118 Å². The molecule has 0 aromatic carbocycles. The van der Waals surface area contributed by atoms with E-state index in [0.29, 0.717) is 5.92 Å². The van der Waals surface area contributed by atoms with Crippen molar-refractivity contribution in [2.75, 3.05) is 0 Å². The van der Waals surface area contributed by atoms with Gasteiger partial charge < -0.3 is 0 Å². The van der Waals surface area contributed by atoms with E-state index in [1.54, 1.807) is 0 Å². The summed E-state index contributed by atoms with van der Waals surface area (Å²) in [6, 6.07) is 3.98. The van der Waals surface area contributed by atoms with Gasteiger partial charge in [0.25, 0.3) is 0 Å². The van der Waals surface area contributed by atoms with E-state index in [0.717, 1.165) is 22.1 Å². The fraction of sp³-hybridized carbons (Fsp3) is 0.467. The van der Waals surface area contributed by atoms with Gasteiger partial charge in [0.1, 0.15) is 5.69 Å². The molecule has 19 heavy (non-hydrogen) atoms. The number of nitrogens with one attached hydrogen (secondary N) is 1. The molecule has 0 unspecified atom stereocenters. The molecule has 0 atom stereocenters. The third-order valence-electron chi connectivity index (χ3n) is 3.55. The van der Waals surface area contributed by atoms with Gasteiger partial charge >= 0.3 is 0 Å². The Morgan fingerprint density at radius 2 is 1.95 bits per heavy atom. The Morgan fingerprint density at radius 3 is 2.47 bits per heavy atom. The number of hydrogen-bond acceptors (Lipinski definition) is 2. The third kappa shape index (κ3) is 2.52. The molecule has 1 N–H and O–H groups in total. The Bertz CT molecular complexity index is 606. The van der Waals surface area contributed by atoms with E-state index in [-0.39, 0.29) is 5.41 Å². The van der Waals surface area contributed by atoms with E-state index >= 15 is 0 Å². The molecule has 0 aliphatic heterocycles. The van der Waals surface area contributed by atoms with Crippen molar-refractivity contribution in [1.82, 2.24) is 15.2 Å². The summed E-state index contributed by atoms with van der Waals surface area (Å²) in [7, 11) is 0. The lowest BCUT2D eigenvalue weighted by molar-refractivity contribution is 0.567. The number of H-pyrrole nitrogens is 1. The summed E-state index contributed by atoms with van der Waals surface area (Å²) in [5.41, 5.74) is 4.03. The van der Waals surface area contributed by atoms with Crippen LogP contribution in [-0.4, -0.2) is 15.2 Å². The minimum absolute atomic E-state index is 0.0585. The summed E-state index contributed by atoms with van der Waals surface area (Å²) in [4.78, 5) is 4.50. The second kappa shape index (κ2) is 4.34. The van der Waals surface area contributed by atoms with Crippen LogP contribution >= 0.6 is 11.6 Å². The van der Waals surface area contributed by atoms with Gasteiger partial charge in [-0.05, 0) is 36.5 Å². The average Bonchev–Trinajstić information content (AvgIpc) is 3.03. The zero-order chi connectivity index (χ0) is 13.6. The van der Waals surface area contributed by atoms with E-state index in [1.807, 2.05) is 12.3 Å². The van der Waals surface area contributed by atoms with Crippen LogP contribution in [-0.2, 0) is 5.41 Å². The Morgan fingerprint density at radius 1 is 1.21 bits per heavy atom. The largest absolute Gasteiger partial charge is 0.281 e. The van der Waals surface area contributed by atoms with Crippen LogP contribution in [0, 0.1) is 0 Å². The molecule has 1 aliphatic carbocycles. The Balaban J connectivity index is 1.93. The lowest BCUT2D eigenvalue weighted by Crippen LogP contribution is -2.11. The van der Waals surface area contributed by atoms with Crippen LogP contribution in [0.15, 0.2) is 18.3 Å². The SMILES string of the molecule is CC(C)(C)c1cc(-c2cc(Cl)c(C3CC3)cn2)n[nH]1. The van der Waals surface area contributed by atoms with Gasteiger partial charge in [-0.25, -0.2) is 0 Å². The quantitative estimate of drug-likeness (QED) is 0.888. The van der Waals surface area contributed by atoms with E-state index < -0.39 is 0 Å². The first kappa shape index (κ1) is 12.7. The maximum atomic E-state index is 6.33. The molecule has 4 heteroatoms. The molecule has 3 rings (SSSR count). The van der Waals surface area contributed by atoms with E-state index in [2.05, 4.69) is 42.0 Å². The van der Waals surface area contributed by atoms with Gasteiger partial charge in [-0.1, -0.05) is 32.4 Å². The predicted octanol–water partition coefficient (Wildman–Crippen LogP) is 4.30. The topological polar surface area (TPSA) is 41.6 Å². The number of aromatic amines is 1. The van der Waals surface area contributed by atoms with Crippen LogP contribution in [0.5, 0.6) is 0 Å². The maximum absolute atomic E-state index is 6.33. The molecular weight excluding hydrogens is 258 g/mol. The predicted molar refractivity (Wildman–Crippen MR) is 77.5 cm³/mol. The molecule has 1 aliphatic rings. The first-order valence-corrected chi connectivity index (χ1v) is 7.04. The summed E-state index contributed by atoms with van der Waals surface area (Å²) >= 11 is 6.33. The summed E-state index contributed by atoms with van der Waals surface area (Å²) in [6.45, 7) is 6.46. The Hall–Kier alpha value is -1.35. The van der Waals surface area contributed by atoms with Gasteiger partial charge in [0.2, 0.25) is 0 Å². The molecule has 2 heterocycles. The van der Waals surface area contributed by atoms with Crippen molar-refractivity contribution in [3.05, 3.63) is 34.6 Å². The van der Waals surface area contributed by atoms with Gasteiger partial charge in [0, 0.05) is 22.3 Å². The molecule has 3 nitrogen and oxygen atoms in total. The highest BCUT2D eigenvalue weighted by molar-refractivity contribution is 6.31. The number of halogens is 1. The van der Waals surface area contributed by atoms with Crippen LogP contribution < -0.4 is 0 Å². The fourth-order valence-corrected chi connectivity index (χ4v) is 2.42. The second-order valence-corrected chi connectivity index (χ2v) is 6.69. The summed E-state index contributed by atoms with van der Waals surface area (Å²) < 4.78 is 0. The lowest BCUT2D eigenvalue weighted by atomic mass is 9.92. The molecular formula is C15H18ClN3. The lowest BCUT2D eigenvalue weighted by Gasteiger charge is -2.14. The van der Waals surface area contributed by atoms with Gasteiger partial charge in [0.05, 0.1) is 5.69 Å². The normalized spacial score (nSPS) is 15.8. The van der Waals surface area contributed by atoms with Crippen molar-refractivity contribution < 1.29 is 0 Å². The standard InChI is InChI=1S/C15H18ClN3/c1-15(2,3)14-7-13(18-19-14)12-6-11(16)10(8-17-12)9-4-5-9/h6-9H,4-5H2,1-3H3,(H,18,19). The van der Waals surface area contributed by atoms with Gasteiger partial charge in [-0.2, -0.15) is 5.10 Å². The smallest absolute Gasteiger partial charge is 0.111 e. The molecule has 2 aromatic heterocycles. The van der Waals surface area contributed by atoms with Crippen LogP contribution in [0.4, 0.5) is 0 Å². The molecule has 0 bridgehead atoms. The highest BCUT2D eigenvalue weighted by atomic mass is 35.5. The molecule has 0 spiro atoms. The third-order valence-corrected chi connectivity index (χ3v) is 3.87. The molecule has 100 valence electrons. The van der Waals surface area contributed by atoms with Gasteiger partial charge in [-0.3, -0.25) is 10.1 Å². The van der Waals surface area contributed by atoms with E-state index in [4.69, 9.17) is 11.6 Å². The monoisotopic (exact) mass is 275 g/mol. The molecule has 1 fully saturated rings. The minimum Gasteiger partial charge on any atom is -0.281 e. The van der Waals surface area contributed by atoms with Crippen molar-refractivity contribution in [3.8, 4) is 11.4 Å². The second-order valence-electron chi connectivity index (χ2n) is 6.28. The zero-order valence-corrected chi connectivity index (χ0v) is 12.3. The van der Waals surface area contributed by atoms with Crippen LogP contribution in [0.3, 0.4) is 0 Å². The highest BCUT2D eigenvalue weighted by Crippen LogP contribution is 2.43. The number of hydrogen-bond donors (Lipinski definition) is 1. The van der Waals surface area contributed by atoms with Crippen molar-refractivity contribution in [1.29, 1.82) is 0 Å². The molecule has 2 aromatic rings. The van der Waals surface area contributed by atoms with Crippen molar-refractivity contribution in [3.63, 3.8) is 0 Å². The van der Waals surface area contributed by atoms with Crippen LogP contribution in [0.1, 0.15) is 50.8 Å². The van der Waals surface area contributed by atoms with Crippen molar-refractivity contribution in [2.45, 2.75) is 44.9 Å². The van der Waals surface area contributed by atoms with Crippen LogP contribution in [0.25, 0.3) is 11.4 Å². The number of rotatable bonds is 2. The summed E-state index contributed by atoms with van der Waals surface area (Å²) in [5, 5.41) is 8.23. The zero-order valence-electron chi connectivity index (χ0n) is 11.5. The number of nitrogens with zero attached hydrogens (tertiary/aromatic N) is 2. The summed E-state index contributed by atoms with van der Waals surface area (Å²) in [6.07, 6.45) is 4.37. The van der Waals surface area contributed by atoms with E-state index in [9.17, 15) is 0 Å². The maximum Gasteiger partial charge on any atom is 0.111 e. The van der Waals surface area contributed by atoms with Gasteiger partial charge in [-0.15, -0.1) is 0 Å². The van der Waals surface area contributed by atoms with E-state index in [1.165, 1.54) is 18.4 Å². The van der Waals surface area contributed by atoms with Crippen LogP contribution in [0.2, 0.25) is 5.02 Å². The van der Waals surface area contributed by atoms with Crippen molar-refractivity contribution >= 4 is 11.6 Å². The average molecular weight is 276 g/mol. The fourth-order valence-electron chi connectivity index (χ4n) is 2.11. The van der Waals surface area contributed by atoms with Gasteiger partial charge in [0.15, 0.2) is 0 Å². The first-order chi connectivity index (χ1) is 8.95. The Kier molecular flexibility index (Phi) is 2.90. The number of aromatic nitrogens is 3. The molecule has 0 saturated heterocycles. The molecule has 0 radical (unpaired) electrons. The molecule has 0 amide bonds. The van der Waals surface area contributed by atoms with Crippen molar-refractivity contribution in [2.24, 2.45) is 0 Å². The highest BCUT2D eigenvalue weighted by Gasteiger charge is 2.26. The molecule has 1 saturated carbocycles. The summed E-state index contributed by atoms with van der Waals surface area (Å²) in [5.74, 6) is 0.623. The number of pyridine rings is 1. The first-order valence-electron chi connectivity index (χ1n) is 6.67. The minimum atomic E-state index is 0.0585.